The first-order chi connectivity index (χ1) is 14.5. The van der Waals surface area contributed by atoms with E-state index >= 15 is 0 Å². The van der Waals surface area contributed by atoms with E-state index in [0.717, 1.165) is 36.5 Å². The summed E-state index contributed by atoms with van der Waals surface area (Å²) in [6.45, 7) is 20.4. The van der Waals surface area contributed by atoms with Gasteiger partial charge in [0.2, 0.25) is 0 Å². The van der Waals surface area contributed by atoms with Crippen molar-refractivity contribution in [3.05, 3.63) is 34.9 Å². The minimum absolute atomic E-state index is 0.519. The molecule has 2 aliphatic rings. The lowest BCUT2D eigenvalue weighted by Crippen LogP contribution is -2.22. The molecule has 0 saturated heterocycles. The predicted molar refractivity (Wildman–Crippen MR) is 137 cm³/mol. The molecule has 0 aromatic carbocycles. The van der Waals surface area contributed by atoms with Crippen LogP contribution in [0.5, 0.6) is 0 Å². The van der Waals surface area contributed by atoms with Gasteiger partial charge in [-0.15, -0.1) is 0 Å². The number of allylic oxidation sites excluding steroid dienone is 5. The largest absolute Gasteiger partial charge is 0.390 e. The van der Waals surface area contributed by atoms with Crippen LogP contribution in [0.1, 0.15) is 119 Å². The topological polar surface area (TPSA) is 20.2 Å². The van der Waals surface area contributed by atoms with Gasteiger partial charge in [0.15, 0.2) is 0 Å². The minimum Gasteiger partial charge on any atom is -0.390 e. The summed E-state index contributed by atoms with van der Waals surface area (Å²) >= 11 is 0. The summed E-state index contributed by atoms with van der Waals surface area (Å²) in [5.74, 6) is 3.83. The molecule has 5 atom stereocenters. The van der Waals surface area contributed by atoms with Crippen molar-refractivity contribution in [3.63, 3.8) is 0 Å². The van der Waals surface area contributed by atoms with Crippen LogP contribution in [-0.4, -0.2) is 10.7 Å². The number of aliphatic hydroxyl groups is 1. The molecule has 2 rings (SSSR count). The molecule has 0 bridgehead atoms. The molecule has 1 heteroatoms. The first-order valence-electron chi connectivity index (χ1n) is 13.3. The van der Waals surface area contributed by atoms with Crippen LogP contribution < -0.4 is 0 Å². The molecule has 178 valence electrons. The van der Waals surface area contributed by atoms with E-state index in [1.54, 1.807) is 11.1 Å². The average molecular weight is 429 g/mol. The molecule has 31 heavy (non-hydrogen) atoms. The highest BCUT2D eigenvalue weighted by atomic mass is 16.3. The molecule has 1 nitrogen and oxygen atoms in total. The van der Waals surface area contributed by atoms with Crippen LogP contribution in [0.25, 0.3) is 0 Å². The van der Waals surface area contributed by atoms with Gasteiger partial charge in [-0.2, -0.15) is 0 Å². The molecule has 0 amide bonds. The van der Waals surface area contributed by atoms with Crippen LogP contribution >= 0.6 is 0 Å². The Morgan fingerprint density at radius 3 is 2.45 bits per heavy atom. The van der Waals surface area contributed by atoms with Crippen LogP contribution in [0, 0.1) is 29.6 Å². The second-order valence-electron chi connectivity index (χ2n) is 12.0. The minimum atomic E-state index is -0.519. The van der Waals surface area contributed by atoms with Crippen LogP contribution in [0.3, 0.4) is 0 Å². The summed E-state index contributed by atoms with van der Waals surface area (Å²) < 4.78 is 0. The normalized spacial score (nSPS) is 32.9. The molecular weight excluding hydrogens is 376 g/mol. The maximum absolute atomic E-state index is 10.0. The van der Waals surface area contributed by atoms with Gasteiger partial charge >= 0.3 is 0 Å². The first-order valence-corrected chi connectivity index (χ1v) is 13.3. The van der Waals surface area contributed by atoms with Gasteiger partial charge in [-0.3, -0.25) is 0 Å². The number of hydrogen-bond acceptors (Lipinski definition) is 1. The van der Waals surface area contributed by atoms with Crippen molar-refractivity contribution in [2.75, 3.05) is 0 Å². The lowest BCUT2D eigenvalue weighted by atomic mass is 9.75. The molecule has 0 aromatic rings. The molecule has 2 fully saturated rings. The zero-order chi connectivity index (χ0) is 23.2. The van der Waals surface area contributed by atoms with Crippen LogP contribution in [0.4, 0.5) is 0 Å². The molecule has 5 unspecified atom stereocenters. The zero-order valence-electron chi connectivity index (χ0n) is 21.9. The summed E-state index contributed by atoms with van der Waals surface area (Å²) in [6, 6.07) is 0. The molecule has 0 spiro atoms. The highest BCUT2D eigenvalue weighted by Crippen LogP contribution is 2.39. The highest BCUT2D eigenvalue weighted by molar-refractivity contribution is 5.41. The van der Waals surface area contributed by atoms with Crippen molar-refractivity contribution >= 4 is 0 Å². The van der Waals surface area contributed by atoms with Crippen molar-refractivity contribution in [1.82, 2.24) is 0 Å². The highest BCUT2D eigenvalue weighted by Gasteiger charge is 2.26. The van der Waals surface area contributed by atoms with Gasteiger partial charge in [-0.25, -0.2) is 0 Å². The smallest absolute Gasteiger partial charge is 0.0591 e. The third kappa shape index (κ3) is 8.56. The van der Waals surface area contributed by atoms with E-state index in [0.29, 0.717) is 5.92 Å². The number of hydrogen-bond donors (Lipinski definition) is 1. The molecule has 1 N–H and O–H groups in total. The zero-order valence-corrected chi connectivity index (χ0v) is 21.9. The summed E-state index contributed by atoms with van der Waals surface area (Å²) in [5, 5.41) is 10.0. The van der Waals surface area contributed by atoms with Gasteiger partial charge in [0.25, 0.3) is 0 Å². The quantitative estimate of drug-likeness (QED) is 0.447. The maximum Gasteiger partial charge on any atom is 0.0591 e. The molecule has 2 aliphatic carbocycles. The fourth-order valence-corrected chi connectivity index (χ4v) is 6.31. The van der Waals surface area contributed by atoms with Crippen molar-refractivity contribution in [1.29, 1.82) is 0 Å². The van der Waals surface area contributed by atoms with Crippen LogP contribution in [-0.2, 0) is 0 Å². The summed E-state index contributed by atoms with van der Waals surface area (Å²) in [6.07, 6.45) is 16.3. The third-order valence-electron chi connectivity index (χ3n) is 8.29. The van der Waals surface area contributed by atoms with Crippen molar-refractivity contribution in [2.24, 2.45) is 29.6 Å². The van der Waals surface area contributed by atoms with Gasteiger partial charge in [-0.1, -0.05) is 65.2 Å². The monoisotopic (exact) mass is 428 g/mol. The Morgan fingerprint density at radius 2 is 1.81 bits per heavy atom. The Labute approximate surface area is 194 Å². The van der Waals surface area contributed by atoms with E-state index in [4.69, 9.17) is 0 Å². The van der Waals surface area contributed by atoms with E-state index < -0.39 is 5.60 Å². The van der Waals surface area contributed by atoms with E-state index in [-0.39, 0.29) is 0 Å². The van der Waals surface area contributed by atoms with Crippen molar-refractivity contribution < 1.29 is 5.11 Å². The molecular formula is C30H52O. The van der Waals surface area contributed by atoms with Gasteiger partial charge in [0.1, 0.15) is 0 Å². The number of rotatable bonds is 6. The Balaban J connectivity index is 2.01. The predicted octanol–water partition coefficient (Wildman–Crippen LogP) is 9.04. The SMILES string of the molecule is C=C1C(=C(C)C=C2CCCC(C)C(C(C)CCCC(C)(C)O)CCC2)CC(C)CC1C. The van der Waals surface area contributed by atoms with E-state index in [1.807, 2.05) is 13.8 Å². The lowest BCUT2D eigenvalue weighted by Gasteiger charge is -2.30. The molecule has 0 radical (unpaired) electrons. The molecule has 0 heterocycles. The fourth-order valence-electron chi connectivity index (χ4n) is 6.31. The fraction of sp³-hybridized carbons (Fsp3) is 0.800. The van der Waals surface area contributed by atoms with Crippen LogP contribution in [0.2, 0.25) is 0 Å². The van der Waals surface area contributed by atoms with Crippen molar-refractivity contribution in [2.45, 2.75) is 125 Å². The maximum atomic E-state index is 10.0. The lowest BCUT2D eigenvalue weighted by molar-refractivity contribution is 0.0649. The van der Waals surface area contributed by atoms with E-state index in [2.05, 4.69) is 47.3 Å². The van der Waals surface area contributed by atoms with Crippen LogP contribution in [0.15, 0.2) is 34.9 Å². The second-order valence-corrected chi connectivity index (χ2v) is 12.0. The standard InChI is InChI=1S/C30H52O/c1-21-18-24(4)26(6)29(19-21)25(5)20-27-14-9-12-22(2)28(16-10-15-27)23(3)13-11-17-30(7,8)31/h20-24,28,31H,6,9-19H2,1-5,7-8H3. The Kier molecular flexibility index (Phi) is 10.1. The average Bonchev–Trinajstić information content (AvgIpc) is 2.74. The van der Waals surface area contributed by atoms with Gasteiger partial charge in [-0.05, 0) is 118 Å². The van der Waals surface area contributed by atoms with Gasteiger partial charge in [0.05, 0.1) is 5.60 Å². The Morgan fingerprint density at radius 1 is 1.16 bits per heavy atom. The van der Waals surface area contributed by atoms with Gasteiger partial charge in [0, 0.05) is 0 Å². The summed E-state index contributed by atoms with van der Waals surface area (Å²) in [5.41, 5.74) is 5.58. The molecule has 0 aliphatic heterocycles. The Bertz CT molecular complexity index is 644. The van der Waals surface area contributed by atoms with Crippen molar-refractivity contribution in [3.8, 4) is 0 Å². The van der Waals surface area contributed by atoms with Gasteiger partial charge < -0.3 is 5.11 Å². The Hall–Kier alpha value is -0.820. The molecule has 2 saturated carbocycles. The summed E-state index contributed by atoms with van der Waals surface area (Å²) in [7, 11) is 0. The second kappa shape index (κ2) is 11.9. The first kappa shape index (κ1) is 26.4. The third-order valence-corrected chi connectivity index (χ3v) is 8.29. The summed E-state index contributed by atoms with van der Waals surface area (Å²) in [4.78, 5) is 0. The van der Waals surface area contributed by atoms with E-state index in [1.165, 1.54) is 68.9 Å². The molecule has 0 aromatic heterocycles. The van der Waals surface area contributed by atoms with E-state index in [9.17, 15) is 5.11 Å².